The quantitative estimate of drug-likeness (QED) is 0.773. The highest BCUT2D eigenvalue weighted by molar-refractivity contribution is 5.88. The lowest BCUT2D eigenvalue weighted by molar-refractivity contribution is 0.0684. The Morgan fingerprint density at radius 1 is 1.00 bits per heavy atom. The molecule has 1 aromatic heterocycles. The summed E-state index contributed by atoms with van der Waals surface area (Å²) in [6.45, 7) is 0.189. The Morgan fingerprint density at radius 3 is 2.14 bits per heavy atom. The smallest absolute Gasteiger partial charge is 0.341 e. The van der Waals surface area contributed by atoms with Gasteiger partial charge in [0.1, 0.15) is 5.56 Å². The number of aromatic carboxylic acids is 2. The van der Waals surface area contributed by atoms with Gasteiger partial charge in [-0.05, 0) is 17.7 Å². The molecule has 7 nitrogen and oxygen atoms in total. The number of rotatable bonds is 4. The van der Waals surface area contributed by atoms with Crippen LogP contribution in [0.4, 0.5) is 0 Å². The summed E-state index contributed by atoms with van der Waals surface area (Å²) in [4.78, 5) is 33.1. The van der Waals surface area contributed by atoms with Crippen LogP contribution >= 0.6 is 0 Å². The molecule has 108 valence electrons. The highest BCUT2D eigenvalue weighted by Gasteiger charge is 2.13. The topological polar surface area (TPSA) is 117 Å². The van der Waals surface area contributed by atoms with E-state index in [-0.39, 0.29) is 12.1 Å². The molecule has 0 amide bonds. The highest BCUT2D eigenvalue weighted by atomic mass is 16.4. The van der Waals surface area contributed by atoms with E-state index >= 15 is 0 Å². The molecular weight excluding hydrogens is 278 g/mol. The van der Waals surface area contributed by atoms with Gasteiger partial charge in [-0.25, -0.2) is 9.59 Å². The molecule has 3 N–H and O–H groups in total. The van der Waals surface area contributed by atoms with Crippen LogP contribution in [0, 0.1) is 0 Å². The Bertz CT molecular complexity index is 760. The maximum absolute atomic E-state index is 11.4. The highest BCUT2D eigenvalue weighted by Crippen LogP contribution is 2.10. The van der Waals surface area contributed by atoms with Crippen molar-refractivity contribution in [2.45, 2.75) is 6.54 Å². The van der Waals surface area contributed by atoms with Crippen LogP contribution in [-0.2, 0) is 6.54 Å². The third-order valence-electron chi connectivity index (χ3n) is 2.86. The summed E-state index contributed by atoms with van der Waals surface area (Å²) >= 11 is 0. The predicted octanol–water partition coefficient (Wildman–Crippen LogP) is 0.999. The van der Waals surface area contributed by atoms with Gasteiger partial charge < -0.3 is 19.9 Å². The zero-order valence-corrected chi connectivity index (χ0v) is 10.7. The summed E-state index contributed by atoms with van der Waals surface area (Å²) in [5.74, 6) is -3.13. The molecule has 21 heavy (non-hydrogen) atoms. The van der Waals surface area contributed by atoms with Gasteiger partial charge in [-0.3, -0.25) is 4.79 Å². The second-order valence-corrected chi connectivity index (χ2v) is 4.37. The van der Waals surface area contributed by atoms with Crippen LogP contribution in [-0.4, -0.2) is 31.8 Å². The van der Waals surface area contributed by atoms with Crippen molar-refractivity contribution < 1.29 is 24.9 Å². The van der Waals surface area contributed by atoms with E-state index in [0.717, 1.165) is 12.4 Å². The largest absolute Gasteiger partial charge is 0.503 e. The number of aromatic nitrogens is 1. The lowest BCUT2D eigenvalue weighted by atomic mass is 10.1. The molecule has 0 aliphatic carbocycles. The van der Waals surface area contributed by atoms with Crippen molar-refractivity contribution in [3.8, 4) is 5.75 Å². The van der Waals surface area contributed by atoms with Gasteiger partial charge in [0.05, 0.1) is 11.8 Å². The minimum Gasteiger partial charge on any atom is -0.503 e. The lowest BCUT2D eigenvalue weighted by Crippen LogP contribution is -2.17. The number of carboxylic acid groups (broad SMARTS) is 2. The molecule has 0 aliphatic heterocycles. The van der Waals surface area contributed by atoms with Gasteiger partial charge in [0.25, 0.3) is 0 Å². The van der Waals surface area contributed by atoms with Gasteiger partial charge in [0.15, 0.2) is 5.75 Å². The van der Waals surface area contributed by atoms with Crippen molar-refractivity contribution in [3.63, 3.8) is 0 Å². The lowest BCUT2D eigenvalue weighted by Gasteiger charge is -2.08. The predicted molar refractivity (Wildman–Crippen MR) is 71.8 cm³/mol. The summed E-state index contributed by atoms with van der Waals surface area (Å²) in [7, 11) is 0. The molecule has 1 heterocycles. The Balaban J connectivity index is 2.33. The number of aromatic hydroxyl groups is 1. The Labute approximate surface area is 118 Å². The first-order chi connectivity index (χ1) is 9.88. The summed E-state index contributed by atoms with van der Waals surface area (Å²) in [5.41, 5.74) is -0.649. The molecule has 0 aliphatic rings. The summed E-state index contributed by atoms with van der Waals surface area (Å²) in [5, 5.41) is 27.1. The van der Waals surface area contributed by atoms with Crippen LogP contribution in [0.5, 0.6) is 5.75 Å². The maximum atomic E-state index is 11.4. The normalized spacial score (nSPS) is 10.3. The van der Waals surface area contributed by atoms with Gasteiger partial charge in [-0.15, -0.1) is 0 Å². The van der Waals surface area contributed by atoms with Crippen molar-refractivity contribution in [3.05, 3.63) is 63.6 Å². The molecule has 0 spiro atoms. The molecule has 0 saturated carbocycles. The van der Waals surface area contributed by atoms with Gasteiger partial charge >= 0.3 is 11.9 Å². The molecule has 0 atom stereocenters. The Kier molecular flexibility index (Phi) is 3.75. The number of hydrogen-bond acceptors (Lipinski definition) is 4. The average Bonchev–Trinajstić information content (AvgIpc) is 2.43. The van der Waals surface area contributed by atoms with Gasteiger partial charge in [0, 0.05) is 12.7 Å². The van der Waals surface area contributed by atoms with Crippen LogP contribution in [0.2, 0.25) is 0 Å². The number of carbonyl (C=O) groups is 2. The van der Waals surface area contributed by atoms with E-state index in [9.17, 15) is 19.5 Å². The van der Waals surface area contributed by atoms with E-state index in [4.69, 9.17) is 10.2 Å². The average molecular weight is 289 g/mol. The number of nitrogens with zero attached hydrogens (tertiary/aromatic N) is 1. The second kappa shape index (κ2) is 5.49. The zero-order chi connectivity index (χ0) is 15.6. The monoisotopic (exact) mass is 289 g/mol. The molecule has 0 saturated heterocycles. The minimum absolute atomic E-state index is 0.132. The number of hydrogen-bond donors (Lipinski definition) is 3. The van der Waals surface area contributed by atoms with Crippen LogP contribution in [0.1, 0.15) is 26.3 Å². The third-order valence-corrected chi connectivity index (χ3v) is 2.86. The van der Waals surface area contributed by atoms with Crippen molar-refractivity contribution in [1.29, 1.82) is 0 Å². The Morgan fingerprint density at radius 2 is 1.62 bits per heavy atom. The van der Waals surface area contributed by atoms with Gasteiger partial charge in [-0.1, -0.05) is 12.1 Å². The fourth-order valence-corrected chi connectivity index (χ4v) is 1.82. The van der Waals surface area contributed by atoms with Crippen molar-refractivity contribution in [2.24, 2.45) is 0 Å². The molecule has 0 bridgehead atoms. The summed E-state index contributed by atoms with van der Waals surface area (Å²) < 4.78 is 1.34. The molecule has 2 rings (SSSR count). The van der Waals surface area contributed by atoms with E-state index in [1.165, 1.54) is 16.7 Å². The number of pyridine rings is 1. The third kappa shape index (κ3) is 3.08. The fourth-order valence-electron chi connectivity index (χ4n) is 1.82. The van der Waals surface area contributed by atoms with E-state index in [1.807, 2.05) is 0 Å². The van der Waals surface area contributed by atoms with E-state index in [0.29, 0.717) is 5.56 Å². The zero-order valence-electron chi connectivity index (χ0n) is 10.7. The minimum atomic E-state index is -1.43. The number of carboxylic acids is 2. The molecular formula is C14H11NO6. The van der Waals surface area contributed by atoms with E-state index in [2.05, 4.69) is 0 Å². The number of benzene rings is 1. The van der Waals surface area contributed by atoms with Crippen LogP contribution in [0.15, 0.2) is 41.5 Å². The van der Waals surface area contributed by atoms with Gasteiger partial charge in [0.2, 0.25) is 5.43 Å². The molecule has 7 heteroatoms. The first kappa shape index (κ1) is 14.3. The standard InChI is InChI=1S/C14H11NO6/c16-11-7-15(6-10(12(11)17)14(20)21)5-8-1-3-9(4-2-8)13(18)19/h1-4,6-7,16H,5H2,(H,18,19)(H,20,21). The summed E-state index contributed by atoms with van der Waals surface area (Å²) in [6.07, 6.45) is 2.25. The van der Waals surface area contributed by atoms with Gasteiger partial charge in [-0.2, -0.15) is 0 Å². The first-order valence-corrected chi connectivity index (χ1v) is 5.87. The second-order valence-electron chi connectivity index (χ2n) is 4.37. The molecule has 0 unspecified atom stereocenters. The Hall–Kier alpha value is -3.09. The van der Waals surface area contributed by atoms with E-state index in [1.54, 1.807) is 12.1 Å². The van der Waals surface area contributed by atoms with Crippen LogP contribution < -0.4 is 5.43 Å². The van der Waals surface area contributed by atoms with Crippen molar-refractivity contribution in [2.75, 3.05) is 0 Å². The molecule has 1 aromatic carbocycles. The first-order valence-electron chi connectivity index (χ1n) is 5.87. The summed E-state index contributed by atoms with van der Waals surface area (Å²) in [6, 6.07) is 5.97. The molecule has 0 fully saturated rings. The maximum Gasteiger partial charge on any atom is 0.341 e. The van der Waals surface area contributed by atoms with Crippen molar-refractivity contribution >= 4 is 11.9 Å². The molecule has 0 radical (unpaired) electrons. The van der Waals surface area contributed by atoms with Crippen LogP contribution in [0.3, 0.4) is 0 Å². The SMILES string of the molecule is O=C(O)c1ccc(Cn2cc(O)c(=O)c(C(=O)O)c2)cc1. The fraction of sp³-hybridized carbons (Fsp3) is 0.0714. The van der Waals surface area contributed by atoms with Crippen molar-refractivity contribution in [1.82, 2.24) is 4.57 Å². The van der Waals surface area contributed by atoms with E-state index < -0.39 is 28.7 Å². The molecule has 2 aromatic rings. The van der Waals surface area contributed by atoms with Crippen LogP contribution in [0.25, 0.3) is 0 Å².